The summed E-state index contributed by atoms with van der Waals surface area (Å²) >= 11 is 2.00. The van der Waals surface area contributed by atoms with Gasteiger partial charge in [0.1, 0.15) is 0 Å². The molecule has 2 heteroatoms. The van der Waals surface area contributed by atoms with Gasteiger partial charge in [-0.25, -0.2) is 0 Å². The van der Waals surface area contributed by atoms with Crippen molar-refractivity contribution in [2.75, 3.05) is 12.3 Å². The monoisotopic (exact) mass is 279 g/mol. The lowest BCUT2D eigenvalue weighted by molar-refractivity contribution is 0.624. The summed E-state index contributed by atoms with van der Waals surface area (Å²) in [6, 6.07) is 0. The Morgan fingerprint density at radius 3 is 2.68 bits per heavy atom. The Bertz CT molecular complexity index is 311. The van der Waals surface area contributed by atoms with Gasteiger partial charge in [-0.3, -0.25) is 0 Å². The fraction of sp³-hybridized carbons (Fsp3) is 0.647. The minimum absolute atomic E-state index is 0.785. The smallest absolute Gasteiger partial charge is 0.00713 e. The maximum absolute atomic E-state index is 5.60. The van der Waals surface area contributed by atoms with Gasteiger partial charge in [0.05, 0.1) is 0 Å². The molecule has 1 nitrogen and oxygen atoms in total. The summed E-state index contributed by atoms with van der Waals surface area (Å²) in [7, 11) is 0. The average Bonchev–Trinajstić information content (AvgIpc) is 2.94. The quantitative estimate of drug-likeness (QED) is 0.597. The lowest BCUT2D eigenvalue weighted by Crippen LogP contribution is -1.99. The van der Waals surface area contributed by atoms with Crippen molar-refractivity contribution in [2.24, 2.45) is 11.7 Å². The molecule has 1 aliphatic carbocycles. The first kappa shape index (κ1) is 16.6. The van der Waals surface area contributed by atoms with E-state index in [1.165, 1.54) is 41.9 Å². The van der Waals surface area contributed by atoms with E-state index >= 15 is 0 Å². The van der Waals surface area contributed by atoms with Gasteiger partial charge in [0.25, 0.3) is 0 Å². The van der Waals surface area contributed by atoms with Crippen molar-refractivity contribution in [3.63, 3.8) is 0 Å². The molecule has 0 bridgehead atoms. The van der Waals surface area contributed by atoms with Crippen molar-refractivity contribution in [3.8, 4) is 0 Å². The number of allylic oxidation sites excluding steroid dienone is 4. The van der Waals surface area contributed by atoms with E-state index in [1.54, 1.807) is 0 Å². The Kier molecular flexibility index (Phi) is 9.02. The third-order valence-corrected chi connectivity index (χ3v) is 4.97. The molecular weight excluding hydrogens is 250 g/mol. The largest absolute Gasteiger partial charge is 0.330 e. The zero-order chi connectivity index (χ0) is 13.9. The van der Waals surface area contributed by atoms with E-state index < -0.39 is 0 Å². The van der Waals surface area contributed by atoms with Crippen LogP contribution in [0.2, 0.25) is 0 Å². The van der Waals surface area contributed by atoms with Crippen molar-refractivity contribution in [1.82, 2.24) is 0 Å². The molecule has 0 saturated heterocycles. The molecule has 2 N–H and O–H groups in total. The normalized spacial score (nSPS) is 18.0. The highest BCUT2D eigenvalue weighted by atomic mass is 32.2. The molecule has 0 aromatic carbocycles. The number of hydrogen-bond donors (Lipinski definition) is 1. The minimum Gasteiger partial charge on any atom is -0.330 e. The van der Waals surface area contributed by atoms with E-state index in [-0.39, 0.29) is 0 Å². The summed E-state index contributed by atoms with van der Waals surface area (Å²) in [5.74, 6) is 2.20. The first-order valence-corrected chi connectivity index (χ1v) is 8.63. The summed E-state index contributed by atoms with van der Waals surface area (Å²) in [6.45, 7) is 6.85. The molecule has 0 aromatic heterocycles. The molecule has 0 radical (unpaired) electrons. The lowest BCUT2D eigenvalue weighted by atomic mass is 10.1. The van der Waals surface area contributed by atoms with Crippen LogP contribution in [-0.2, 0) is 0 Å². The molecule has 0 aromatic rings. The third-order valence-electron chi connectivity index (χ3n) is 3.75. The van der Waals surface area contributed by atoms with Gasteiger partial charge in [-0.2, -0.15) is 0 Å². The Labute approximate surface area is 123 Å². The molecule has 0 aliphatic heterocycles. The van der Waals surface area contributed by atoms with Gasteiger partial charge < -0.3 is 5.73 Å². The van der Waals surface area contributed by atoms with Gasteiger partial charge in [-0.1, -0.05) is 38.0 Å². The highest BCUT2D eigenvalue weighted by Gasteiger charge is 2.15. The van der Waals surface area contributed by atoms with Crippen LogP contribution in [0, 0.1) is 5.92 Å². The summed E-state index contributed by atoms with van der Waals surface area (Å²) in [5, 5.41) is 0. The number of rotatable bonds is 9. The SMILES string of the molecule is C=C/C=C(\C=C(/CC)CCCN)SCC1CCCC1. The van der Waals surface area contributed by atoms with Crippen LogP contribution < -0.4 is 5.73 Å². The van der Waals surface area contributed by atoms with E-state index in [1.807, 2.05) is 17.8 Å². The molecule has 0 amide bonds. The maximum atomic E-state index is 5.60. The molecule has 1 rings (SSSR count). The van der Waals surface area contributed by atoms with E-state index in [0.717, 1.165) is 31.7 Å². The molecular formula is C17H29NS. The van der Waals surface area contributed by atoms with E-state index in [0.29, 0.717) is 0 Å². The molecule has 0 unspecified atom stereocenters. The number of nitrogens with two attached hydrogens (primary N) is 1. The Morgan fingerprint density at radius 1 is 1.37 bits per heavy atom. The average molecular weight is 279 g/mol. The standard InChI is InChI=1S/C17H29NS/c1-3-8-17(13-15(4-2)11-7-12-18)19-14-16-9-5-6-10-16/h3,8,13,16H,1,4-7,9-12,14,18H2,2H3/b15-13+,17-8+. The highest BCUT2D eigenvalue weighted by molar-refractivity contribution is 8.03. The fourth-order valence-electron chi connectivity index (χ4n) is 2.53. The van der Waals surface area contributed by atoms with Crippen LogP contribution in [0.5, 0.6) is 0 Å². The van der Waals surface area contributed by atoms with Gasteiger partial charge >= 0.3 is 0 Å². The molecule has 108 valence electrons. The van der Waals surface area contributed by atoms with Crippen molar-refractivity contribution in [2.45, 2.75) is 51.9 Å². The summed E-state index contributed by atoms with van der Waals surface area (Å²) in [5.41, 5.74) is 7.11. The van der Waals surface area contributed by atoms with E-state index in [9.17, 15) is 0 Å². The second-order valence-electron chi connectivity index (χ2n) is 5.31. The van der Waals surface area contributed by atoms with Crippen molar-refractivity contribution in [1.29, 1.82) is 0 Å². The van der Waals surface area contributed by atoms with Gasteiger partial charge in [-0.15, -0.1) is 11.8 Å². The molecule has 0 atom stereocenters. The molecule has 19 heavy (non-hydrogen) atoms. The topological polar surface area (TPSA) is 26.0 Å². The predicted molar refractivity (Wildman–Crippen MR) is 89.4 cm³/mol. The van der Waals surface area contributed by atoms with Crippen LogP contribution in [-0.4, -0.2) is 12.3 Å². The van der Waals surface area contributed by atoms with Crippen LogP contribution in [0.4, 0.5) is 0 Å². The van der Waals surface area contributed by atoms with E-state index in [2.05, 4.69) is 25.7 Å². The zero-order valence-electron chi connectivity index (χ0n) is 12.4. The van der Waals surface area contributed by atoms with Crippen molar-refractivity contribution < 1.29 is 0 Å². The van der Waals surface area contributed by atoms with Crippen LogP contribution in [0.3, 0.4) is 0 Å². The van der Waals surface area contributed by atoms with Gasteiger partial charge in [0.15, 0.2) is 0 Å². The predicted octanol–water partition coefficient (Wildman–Crippen LogP) is 5.06. The summed E-state index contributed by atoms with van der Waals surface area (Å²) < 4.78 is 0. The lowest BCUT2D eigenvalue weighted by Gasteiger charge is -2.10. The Balaban J connectivity index is 2.52. The molecule has 1 saturated carbocycles. The van der Waals surface area contributed by atoms with Gasteiger partial charge in [0.2, 0.25) is 0 Å². The van der Waals surface area contributed by atoms with Gasteiger partial charge in [0, 0.05) is 10.7 Å². The summed E-state index contributed by atoms with van der Waals surface area (Å²) in [4.78, 5) is 1.37. The Morgan fingerprint density at radius 2 is 2.11 bits per heavy atom. The minimum atomic E-state index is 0.785. The second kappa shape index (κ2) is 10.3. The van der Waals surface area contributed by atoms with Crippen molar-refractivity contribution in [3.05, 3.63) is 35.3 Å². The third kappa shape index (κ3) is 7.03. The van der Waals surface area contributed by atoms with Crippen molar-refractivity contribution >= 4 is 11.8 Å². The zero-order valence-corrected chi connectivity index (χ0v) is 13.2. The summed E-state index contributed by atoms with van der Waals surface area (Å²) in [6.07, 6.45) is 15.5. The fourth-order valence-corrected chi connectivity index (χ4v) is 3.73. The first-order valence-electron chi connectivity index (χ1n) is 7.65. The molecule has 0 spiro atoms. The van der Waals surface area contributed by atoms with Crippen LogP contribution in [0.25, 0.3) is 0 Å². The van der Waals surface area contributed by atoms with Gasteiger partial charge in [-0.05, 0) is 56.7 Å². The van der Waals surface area contributed by atoms with Crippen LogP contribution in [0.1, 0.15) is 51.9 Å². The highest BCUT2D eigenvalue weighted by Crippen LogP contribution is 2.31. The van der Waals surface area contributed by atoms with Crippen LogP contribution >= 0.6 is 11.8 Å². The van der Waals surface area contributed by atoms with E-state index in [4.69, 9.17) is 5.73 Å². The Hall–Kier alpha value is -0.470. The number of hydrogen-bond acceptors (Lipinski definition) is 2. The first-order chi connectivity index (χ1) is 9.30. The number of thioether (sulfide) groups is 1. The second-order valence-corrected chi connectivity index (χ2v) is 6.41. The molecule has 1 fully saturated rings. The molecule has 1 aliphatic rings. The molecule has 0 heterocycles. The van der Waals surface area contributed by atoms with Crippen LogP contribution in [0.15, 0.2) is 35.3 Å². The maximum Gasteiger partial charge on any atom is 0.00713 e.